The zero-order valence-corrected chi connectivity index (χ0v) is 10.7. The van der Waals surface area contributed by atoms with Crippen LogP contribution < -0.4 is 5.32 Å². The number of furan rings is 1. The second-order valence-corrected chi connectivity index (χ2v) is 4.83. The second-order valence-electron chi connectivity index (χ2n) is 4.83. The molecule has 16 heavy (non-hydrogen) atoms. The highest BCUT2D eigenvalue weighted by atomic mass is 16.4. The van der Waals surface area contributed by atoms with E-state index in [-0.39, 0.29) is 0 Å². The molecule has 0 aliphatic rings. The first-order valence-electron chi connectivity index (χ1n) is 5.95. The summed E-state index contributed by atoms with van der Waals surface area (Å²) < 4.78 is 5.44. The van der Waals surface area contributed by atoms with Crippen molar-refractivity contribution in [3.05, 3.63) is 23.7 Å². The second kappa shape index (κ2) is 5.51. The van der Waals surface area contributed by atoms with Crippen LogP contribution in [0, 0.1) is 12.8 Å². The van der Waals surface area contributed by atoms with Crippen LogP contribution in [-0.2, 0) is 5.60 Å². The van der Waals surface area contributed by atoms with E-state index >= 15 is 0 Å². The van der Waals surface area contributed by atoms with Crippen LogP contribution in [0.5, 0.6) is 0 Å². The molecule has 3 nitrogen and oxygen atoms in total. The Bertz CT molecular complexity index is 317. The van der Waals surface area contributed by atoms with Gasteiger partial charge in [0.1, 0.15) is 17.1 Å². The summed E-state index contributed by atoms with van der Waals surface area (Å²) in [4.78, 5) is 0. The standard InChI is InChI=1S/C13H23NO2/c1-5-10(2)8-14-9-13(4,15)12-7-6-11(3)16-12/h6-7,10,14-15H,5,8-9H2,1-4H3. The van der Waals surface area contributed by atoms with E-state index in [0.717, 1.165) is 18.7 Å². The predicted molar refractivity (Wildman–Crippen MR) is 65.3 cm³/mol. The van der Waals surface area contributed by atoms with Crippen molar-refractivity contribution in [3.8, 4) is 0 Å². The Labute approximate surface area is 97.9 Å². The number of aliphatic hydroxyl groups is 1. The predicted octanol–water partition coefficient (Wildman–Crippen LogP) is 2.43. The lowest BCUT2D eigenvalue weighted by molar-refractivity contribution is 0.0329. The Morgan fingerprint density at radius 2 is 2.19 bits per heavy atom. The van der Waals surface area contributed by atoms with Gasteiger partial charge in [0.15, 0.2) is 0 Å². The Morgan fingerprint density at radius 3 is 2.69 bits per heavy atom. The van der Waals surface area contributed by atoms with Crippen LogP contribution >= 0.6 is 0 Å². The maximum atomic E-state index is 10.2. The van der Waals surface area contributed by atoms with E-state index < -0.39 is 5.60 Å². The summed E-state index contributed by atoms with van der Waals surface area (Å²) in [5, 5.41) is 13.5. The molecule has 0 spiro atoms. The van der Waals surface area contributed by atoms with Crippen molar-refractivity contribution in [2.45, 2.75) is 39.7 Å². The maximum absolute atomic E-state index is 10.2. The number of aryl methyl sites for hydroxylation is 1. The summed E-state index contributed by atoms with van der Waals surface area (Å²) in [5.74, 6) is 2.09. The minimum Gasteiger partial charge on any atom is -0.463 e. The van der Waals surface area contributed by atoms with Crippen molar-refractivity contribution in [1.82, 2.24) is 5.32 Å². The molecule has 2 N–H and O–H groups in total. The fraction of sp³-hybridized carbons (Fsp3) is 0.692. The van der Waals surface area contributed by atoms with Crippen molar-refractivity contribution in [2.24, 2.45) is 5.92 Å². The van der Waals surface area contributed by atoms with E-state index in [0.29, 0.717) is 18.2 Å². The average Bonchev–Trinajstić information content (AvgIpc) is 2.65. The highest BCUT2D eigenvalue weighted by Crippen LogP contribution is 2.21. The molecule has 2 atom stereocenters. The fourth-order valence-corrected chi connectivity index (χ4v) is 1.52. The number of hydrogen-bond donors (Lipinski definition) is 2. The summed E-state index contributed by atoms with van der Waals surface area (Å²) in [5.41, 5.74) is -0.929. The van der Waals surface area contributed by atoms with E-state index in [2.05, 4.69) is 19.2 Å². The SMILES string of the molecule is CCC(C)CNCC(C)(O)c1ccc(C)o1. The summed E-state index contributed by atoms with van der Waals surface area (Å²) in [6.07, 6.45) is 1.15. The highest BCUT2D eigenvalue weighted by molar-refractivity contribution is 5.12. The van der Waals surface area contributed by atoms with Gasteiger partial charge in [-0.1, -0.05) is 20.3 Å². The maximum Gasteiger partial charge on any atom is 0.136 e. The normalized spacial score (nSPS) is 17.1. The van der Waals surface area contributed by atoms with Gasteiger partial charge in [0.05, 0.1) is 0 Å². The first-order valence-corrected chi connectivity index (χ1v) is 5.95. The van der Waals surface area contributed by atoms with Crippen molar-refractivity contribution in [2.75, 3.05) is 13.1 Å². The Hall–Kier alpha value is -0.800. The van der Waals surface area contributed by atoms with Gasteiger partial charge in [0.25, 0.3) is 0 Å². The topological polar surface area (TPSA) is 45.4 Å². The molecule has 1 heterocycles. The summed E-state index contributed by atoms with van der Waals surface area (Å²) >= 11 is 0. The van der Waals surface area contributed by atoms with Crippen LogP contribution in [0.4, 0.5) is 0 Å². The molecule has 3 heteroatoms. The lowest BCUT2D eigenvalue weighted by Gasteiger charge is -2.22. The average molecular weight is 225 g/mol. The zero-order chi connectivity index (χ0) is 12.2. The third kappa shape index (κ3) is 3.65. The van der Waals surface area contributed by atoms with Gasteiger partial charge in [-0.05, 0) is 38.4 Å². The van der Waals surface area contributed by atoms with E-state index in [1.807, 2.05) is 19.1 Å². The van der Waals surface area contributed by atoms with Gasteiger partial charge in [-0.3, -0.25) is 0 Å². The molecular formula is C13H23NO2. The van der Waals surface area contributed by atoms with E-state index in [1.54, 1.807) is 6.92 Å². The van der Waals surface area contributed by atoms with Crippen molar-refractivity contribution < 1.29 is 9.52 Å². The minimum atomic E-state index is -0.929. The van der Waals surface area contributed by atoms with Gasteiger partial charge >= 0.3 is 0 Å². The summed E-state index contributed by atoms with van der Waals surface area (Å²) in [7, 11) is 0. The van der Waals surface area contributed by atoms with Crippen LogP contribution in [0.15, 0.2) is 16.5 Å². The number of rotatable bonds is 6. The Morgan fingerprint density at radius 1 is 1.50 bits per heavy atom. The van der Waals surface area contributed by atoms with Gasteiger partial charge in [0, 0.05) is 6.54 Å². The molecule has 0 saturated carbocycles. The van der Waals surface area contributed by atoms with Crippen LogP contribution in [0.3, 0.4) is 0 Å². The molecule has 0 saturated heterocycles. The first kappa shape index (κ1) is 13.3. The zero-order valence-electron chi connectivity index (χ0n) is 10.7. The number of nitrogens with one attached hydrogen (secondary N) is 1. The molecule has 1 aromatic rings. The quantitative estimate of drug-likeness (QED) is 0.781. The van der Waals surface area contributed by atoms with Crippen LogP contribution in [0.2, 0.25) is 0 Å². The lowest BCUT2D eigenvalue weighted by atomic mass is 10.0. The van der Waals surface area contributed by atoms with Crippen molar-refractivity contribution >= 4 is 0 Å². The van der Waals surface area contributed by atoms with Crippen LogP contribution in [0.25, 0.3) is 0 Å². The molecule has 0 aliphatic carbocycles. The molecule has 1 rings (SSSR count). The molecule has 1 aromatic heterocycles. The lowest BCUT2D eigenvalue weighted by Crippen LogP contribution is -2.36. The van der Waals surface area contributed by atoms with Gasteiger partial charge in [-0.2, -0.15) is 0 Å². The molecular weight excluding hydrogens is 202 g/mol. The molecule has 0 bridgehead atoms. The third-order valence-electron chi connectivity index (χ3n) is 2.93. The molecule has 2 unspecified atom stereocenters. The van der Waals surface area contributed by atoms with Crippen LogP contribution in [-0.4, -0.2) is 18.2 Å². The summed E-state index contributed by atoms with van der Waals surface area (Å²) in [6, 6.07) is 3.71. The molecule has 0 fully saturated rings. The highest BCUT2D eigenvalue weighted by Gasteiger charge is 2.26. The first-order chi connectivity index (χ1) is 7.45. The van der Waals surface area contributed by atoms with Gasteiger partial charge in [-0.25, -0.2) is 0 Å². The van der Waals surface area contributed by atoms with Gasteiger partial charge in [0.2, 0.25) is 0 Å². The van der Waals surface area contributed by atoms with Crippen molar-refractivity contribution in [3.63, 3.8) is 0 Å². The molecule has 92 valence electrons. The number of hydrogen-bond acceptors (Lipinski definition) is 3. The van der Waals surface area contributed by atoms with Crippen molar-refractivity contribution in [1.29, 1.82) is 0 Å². The van der Waals surface area contributed by atoms with E-state index in [9.17, 15) is 5.11 Å². The molecule has 0 radical (unpaired) electrons. The third-order valence-corrected chi connectivity index (χ3v) is 2.93. The monoisotopic (exact) mass is 225 g/mol. The Kier molecular flexibility index (Phi) is 4.56. The summed E-state index contributed by atoms with van der Waals surface area (Å²) in [6.45, 7) is 9.46. The smallest absolute Gasteiger partial charge is 0.136 e. The Balaban J connectivity index is 2.46. The van der Waals surface area contributed by atoms with Gasteiger partial charge in [-0.15, -0.1) is 0 Å². The molecule has 0 amide bonds. The largest absolute Gasteiger partial charge is 0.463 e. The van der Waals surface area contributed by atoms with E-state index in [4.69, 9.17) is 4.42 Å². The molecule has 0 aromatic carbocycles. The van der Waals surface area contributed by atoms with Crippen LogP contribution in [0.1, 0.15) is 38.7 Å². The fourth-order valence-electron chi connectivity index (χ4n) is 1.52. The minimum absolute atomic E-state index is 0.518. The van der Waals surface area contributed by atoms with E-state index in [1.165, 1.54) is 0 Å². The van der Waals surface area contributed by atoms with Gasteiger partial charge < -0.3 is 14.8 Å². The molecule has 0 aliphatic heterocycles.